The number of phenolic OH excluding ortho intramolecular Hbond substituents is 1. The van der Waals surface area contributed by atoms with E-state index >= 15 is 0 Å². The van der Waals surface area contributed by atoms with Gasteiger partial charge in [0.2, 0.25) is 5.91 Å². The van der Waals surface area contributed by atoms with E-state index in [1.54, 1.807) is 13.2 Å². The summed E-state index contributed by atoms with van der Waals surface area (Å²) in [5.74, 6) is 0.576. The SMILES string of the molecule is COC[C@H](CO)N1CC(=O)N2C[C@@H](c3c(O)ccc(C)c3C)C[C@H]2C1. The zero-order valence-electron chi connectivity index (χ0n) is 15.2. The first-order chi connectivity index (χ1) is 12.0. The minimum Gasteiger partial charge on any atom is -0.508 e. The van der Waals surface area contributed by atoms with Crippen molar-refractivity contribution in [3.8, 4) is 5.75 Å². The molecule has 1 amide bonds. The first-order valence-electron chi connectivity index (χ1n) is 8.88. The number of rotatable bonds is 5. The van der Waals surface area contributed by atoms with Crippen LogP contribution in [0, 0.1) is 13.8 Å². The Hall–Kier alpha value is -1.63. The summed E-state index contributed by atoms with van der Waals surface area (Å²) >= 11 is 0. The maximum Gasteiger partial charge on any atom is 0.237 e. The highest BCUT2D eigenvalue weighted by atomic mass is 16.5. The summed E-state index contributed by atoms with van der Waals surface area (Å²) in [6.45, 7) is 6.19. The minimum atomic E-state index is -0.149. The molecule has 3 rings (SSSR count). The fourth-order valence-corrected chi connectivity index (χ4v) is 4.29. The molecule has 0 aromatic heterocycles. The number of carbonyl (C=O) groups excluding carboxylic acids is 1. The molecule has 1 aromatic carbocycles. The van der Waals surface area contributed by atoms with Crippen LogP contribution in [-0.4, -0.2) is 78.0 Å². The lowest BCUT2D eigenvalue weighted by molar-refractivity contribution is -0.139. The number of nitrogens with zero attached hydrogens (tertiary/aromatic N) is 2. The van der Waals surface area contributed by atoms with Gasteiger partial charge >= 0.3 is 0 Å². The van der Waals surface area contributed by atoms with Crippen LogP contribution < -0.4 is 0 Å². The molecule has 0 spiro atoms. The van der Waals surface area contributed by atoms with Crippen LogP contribution in [0.2, 0.25) is 0 Å². The number of carbonyl (C=O) groups is 1. The molecule has 2 saturated heterocycles. The van der Waals surface area contributed by atoms with Gasteiger partial charge in [0, 0.05) is 37.7 Å². The van der Waals surface area contributed by atoms with Crippen molar-refractivity contribution in [2.45, 2.75) is 38.3 Å². The lowest BCUT2D eigenvalue weighted by Crippen LogP contribution is -2.58. The number of hydrogen-bond acceptors (Lipinski definition) is 5. The van der Waals surface area contributed by atoms with Crippen molar-refractivity contribution in [1.29, 1.82) is 0 Å². The van der Waals surface area contributed by atoms with Gasteiger partial charge in [-0.05, 0) is 37.5 Å². The van der Waals surface area contributed by atoms with Crippen LogP contribution in [0.3, 0.4) is 0 Å². The van der Waals surface area contributed by atoms with Crippen LogP contribution in [0.25, 0.3) is 0 Å². The second-order valence-corrected chi connectivity index (χ2v) is 7.29. The predicted octanol–water partition coefficient (Wildman–Crippen LogP) is 1.02. The first-order valence-corrected chi connectivity index (χ1v) is 8.88. The lowest BCUT2D eigenvalue weighted by Gasteiger charge is -2.40. The van der Waals surface area contributed by atoms with Gasteiger partial charge < -0.3 is 19.8 Å². The minimum absolute atomic E-state index is 0.0188. The molecule has 2 N–H and O–H groups in total. The normalized spacial score (nSPS) is 25.3. The molecule has 2 fully saturated rings. The van der Waals surface area contributed by atoms with Gasteiger partial charge in [-0.1, -0.05) is 6.07 Å². The second-order valence-electron chi connectivity index (χ2n) is 7.29. The number of ether oxygens (including phenoxy) is 1. The standard InChI is InChI=1S/C19H28N2O4/c1-12-4-5-17(23)19(13(12)2)14-6-15-8-20(16(10-22)11-25-3)9-18(24)21(15)7-14/h4-5,14-16,22-23H,6-11H2,1-3H3/t14-,15-,16-/m0/s1. The smallest absolute Gasteiger partial charge is 0.237 e. The quantitative estimate of drug-likeness (QED) is 0.831. The van der Waals surface area contributed by atoms with E-state index in [0.717, 1.165) is 29.7 Å². The van der Waals surface area contributed by atoms with Gasteiger partial charge in [-0.3, -0.25) is 9.69 Å². The van der Waals surface area contributed by atoms with Crippen LogP contribution in [0.15, 0.2) is 12.1 Å². The fraction of sp³-hybridized carbons (Fsp3) is 0.632. The van der Waals surface area contributed by atoms with Gasteiger partial charge in [0.1, 0.15) is 5.75 Å². The number of piperazine rings is 1. The van der Waals surface area contributed by atoms with Crippen LogP contribution in [0.4, 0.5) is 0 Å². The highest BCUT2D eigenvalue weighted by molar-refractivity contribution is 5.80. The highest BCUT2D eigenvalue weighted by Crippen LogP contribution is 2.40. The second kappa shape index (κ2) is 7.32. The number of methoxy groups -OCH3 is 1. The number of phenols is 1. The first kappa shape index (κ1) is 18.2. The fourth-order valence-electron chi connectivity index (χ4n) is 4.29. The average molecular weight is 348 g/mol. The topological polar surface area (TPSA) is 73.2 Å². The maximum absolute atomic E-state index is 12.6. The van der Waals surface area contributed by atoms with Gasteiger partial charge in [0.25, 0.3) is 0 Å². The third-order valence-electron chi connectivity index (χ3n) is 5.78. The van der Waals surface area contributed by atoms with Crippen molar-refractivity contribution >= 4 is 5.91 Å². The van der Waals surface area contributed by atoms with Gasteiger partial charge in [-0.25, -0.2) is 0 Å². The van der Waals surface area contributed by atoms with E-state index in [9.17, 15) is 15.0 Å². The molecule has 6 heteroatoms. The summed E-state index contributed by atoms with van der Waals surface area (Å²) in [7, 11) is 1.61. The van der Waals surface area contributed by atoms with Crippen molar-refractivity contribution < 1.29 is 19.7 Å². The third-order valence-corrected chi connectivity index (χ3v) is 5.78. The summed E-state index contributed by atoms with van der Waals surface area (Å²) in [5.41, 5.74) is 3.25. The number of aliphatic hydroxyl groups excluding tert-OH is 1. The Morgan fingerprint density at radius 3 is 2.76 bits per heavy atom. The molecule has 0 bridgehead atoms. The Morgan fingerprint density at radius 2 is 2.08 bits per heavy atom. The van der Waals surface area contributed by atoms with Crippen LogP contribution in [0.1, 0.15) is 29.0 Å². The number of hydrogen-bond donors (Lipinski definition) is 2. The third kappa shape index (κ3) is 3.38. The number of fused-ring (bicyclic) bond motifs is 1. The van der Waals surface area contributed by atoms with Gasteiger partial charge in [0.05, 0.1) is 25.8 Å². The number of aryl methyl sites for hydroxylation is 1. The van der Waals surface area contributed by atoms with Crippen molar-refractivity contribution in [3.63, 3.8) is 0 Å². The molecule has 2 aliphatic heterocycles. The molecular weight excluding hydrogens is 320 g/mol. The zero-order valence-corrected chi connectivity index (χ0v) is 15.2. The van der Waals surface area contributed by atoms with Gasteiger partial charge in [0.15, 0.2) is 0 Å². The molecule has 1 aromatic rings. The summed E-state index contributed by atoms with van der Waals surface area (Å²) in [6, 6.07) is 3.66. The Morgan fingerprint density at radius 1 is 1.32 bits per heavy atom. The molecule has 2 aliphatic rings. The van der Waals surface area contributed by atoms with E-state index in [0.29, 0.717) is 25.4 Å². The molecule has 2 heterocycles. The largest absolute Gasteiger partial charge is 0.508 e. The van der Waals surface area contributed by atoms with Crippen LogP contribution in [0.5, 0.6) is 5.75 Å². The zero-order chi connectivity index (χ0) is 18.1. The number of aromatic hydroxyl groups is 1. The van der Waals surface area contributed by atoms with Crippen molar-refractivity contribution in [2.24, 2.45) is 0 Å². The molecule has 3 atom stereocenters. The van der Waals surface area contributed by atoms with E-state index in [1.807, 2.05) is 29.7 Å². The number of aliphatic hydroxyl groups is 1. The monoisotopic (exact) mass is 348 g/mol. The summed E-state index contributed by atoms with van der Waals surface area (Å²) in [5, 5.41) is 20.0. The molecule has 138 valence electrons. The van der Waals surface area contributed by atoms with Crippen molar-refractivity contribution in [3.05, 3.63) is 28.8 Å². The van der Waals surface area contributed by atoms with Crippen LogP contribution in [-0.2, 0) is 9.53 Å². The van der Waals surface area contributed by atoms with Crippen molar-refractivity contribution in [1.82, 2.24) is 9.80 Å². The van der Waals surface area contributed by atoms with E-state index in [-0.39, 0.29) is 30.5 Å². The molecule has 25 heavy (non-hydrogen) atoms. The Bertz CT molecular complexity index is 649. The Labute approximate surface area is 149 Å². The summed E-state index contributed by atoms with van der Waals surface area (Å²) in [4.78, 5) is 16.6. The van der Waals surface area contributed by atoms with E-state index in [4.69, 9.17) is 4.74 Å². The van der Waals surface area contributed by atoms with Gasteiger partial charge in [-0.2, -0.15) is 0 Å². The average Bonchev–Trinajstić information content (AvgIpc) is 3.00. The number of benzene rings is 1. The molecule has 0 unspecified atom stereocenters. The predicted molar refractivity (Wildman–Crippen MR) is 94.8 cm³/mol. The van der Waals surface area contributed by atoms with E-state index < -0.39 is 0 Å². The molecule has 6 nitrogen and oxygen atoms in total. The Kier molecular flexibility index (Phi) is 5.32. The molecule has 0 radical (unpaired) electrons. The maximum atomic E-state index is 12.6. The molecule has 0 aliphatic carbocycles. The van der Waals surface area contributed by atoms with Gasteiger partial charge in [-0.15, -0.1) is 0 Å². The van der Waals surface area contributed by atoms with Crippen molar-refractivity contribution in [2.75, 3.05) is 40.0 Å². The lowest BCUT2D eigenvalue weighted by atomic mass is 9.89. The van der Waals surface area contributed by atoms with E-state index in [1.165, 1.54) is 0 Å². The van der Waals surface area contributed by atoms with E-state index in [2.05, 4.69) is 0 Å². The molecular formula is C19H28N2O4. The highest BCUT2D eigenvalue weighted by Gasteiger charge is 2.43. The Balaban J connectivity index is 1.79. The number of amides is 1. The molecule has 0 saturated carbocycles. The summed E-state index contributed by atoms with van der Waals surface area (Å²) < 4.78 is 5.17. The van der Waals surface area contributed by atoms with Crippen LogP contribution >= 0.6 is 0 Å². The summed E-state index contributed by atoms with van der Waals surface area (Å²) in [6.07, 6.45) is 0.839.